The van der Waals surface area contributed by atoms with Crippen LogP contribution in [0.5, 0.6) is 0 Å². The maximum atomic E-state index is 11.0. The lowest BCUT2D eigenvalue weighted by Crippen LogP contribution is -1.90. The summed E-state index contributed by atoms with van der Waals surface area (Å²) < 4.78 is 2.32. The maximum absolute atomic E-state index is 11.0. The fraction of sp³-hybridized carbons (Fsp3) is 0.300. The summed E-state index contributed by atoms with van der Waals surface area (Å²) >= 11 is 2.45. The fourth-order valence-electron chi connectivity index (χ4n) is 1.32. The van der Waals surface area contributed by atoms with Gasteiger partial charge in [-0.3, -0.25) is 10.1 Å². The molecule has 1 unspecified atom stereocenters. The van der Waals surface area contributed by atoms with E-state index < -0.39 is 11.0 Å². The van der Waals surface area contributed by atoms with Gasteiger partial charge in [-0.2, -0.15) is 0 Å². The first-order chi connectivity index (χ1) is 8.49. The highest BCUT2D eigenvalue weighted by Crippen LogP contribution is 2.42. The Morgan fingerprint density at radius 2 is 2.39 bits per heavy atom. The number of nitrogens with zero attached hydrogens (tertiary/aromatic N) is 3. The van der Waals surface area contributed by atoms with Gasteiger partial charge in [-0.15, -0.1) is 11.3 Å². The molecule has 6 nitrogen and oxygen atoms in total. The average molecular weight is 285 g/mol. The minimum absolute atomic E-state index is 0.0175. The monoisotopic (exact) mass is 285 g/mol. The van der Waals surface area contributed by atoms with Crippen LogP contribution in [0.2, 0.25) is 0 Å². The smallest absolute Gasteiger partial charge is 0.294 e. The molecule has 0 fully saturated rings. The van der Waals surface area contributed by atoms with Gasteiger partial charge in [0.05, 0.1) is 11.0 Å². The molecule has 1 N–H and O–H groups in total. The third-order valence-electron chi connectivity index (χ3n) is 2.27. The van der Waals surface area contributed by atoms with Crippen molar-refractivity contribution >= 4 is 28.8 Å². The zero-order valence-electron chi connectivity index (χ0n) is 9.73. The van der Waals surface area contributed by atoms with E-state index in [0.717, 1.165) is 0 Å². The molecule has 0 aliphatic heterocycles. The van der Waals surface area contributed by atoms with E-state index in [1.807, 2.05) is 7.05 Å². The second-order valence-corrected chi connectivity index (χ2v) is 6.00. The highest BCUT2D eigenvalue weighted by atomic mass is 32.2. The molecule has 0 bridgehead atoms. The minimum atomic E-state index is -0.704. The lowest BCUT2D eigenvalue weighted by Gasteiger charge is -1.98. The van der Waals surface area contributed by atoms with Crippen molar-refractivity contribution in [3.8, 4) is 0 Å². The van der Waals surface area contributed by atoms with Crippen molar-refractivity contribution in [1.29, 1.82) is 0 Å². The second-order valence-electron chi connectivity index (χ2n) is 3.68. The van der Waals surface area contributed by atoms with Gasteiger partial charge in [0.15, 0.2) is 5.16 Å². The van der Waals surface area contributed by atoms with Crippen LogP contribution in [-0.2, 0) is 7.05 Å². The summed E-state index contributed by atoms with van der Waals surface area (Å²) in [5.41, 5.74) is 0.0175. The molecular formula is C10H11N3O3S2. The number of thiophene rings is 1. The summed E-state index contributed by atoms with van der Waals surface area (Å²) in [4.78, 5) is 15.2. The molecule has 1 atom stereocenters. The molecule has 0 spiro atoms. The van der Waals surface area contributed by atoms with Gasteiger partial charge in [0.2, 0.25) is 0 Å². The predicted molar refractivity (Wildman–Crippen MR) is 68.9 cm³/mol. The topological polar surface area (TPSA) is 81.2 Å². The lowest BCUT2D eigenvalue weighted by molar-refractivity contribution is -0.387. The standard InChI is InChI=1S/C10H11N3O3S2/c1-6(14)8-5-7(13(15)16)9(17-8)18-10-11-3-4-12(10)2/h3-6,14H,1-2H3. The molecule has 0 saturated heterocycles. The molecule has 0 aliphatic carbocycles. The van der Waals surface area contributed by atoms with E-state index in [2.05, 4.69) is 4.98 Å². The Bertz CT molecular complexity index is 577. The summed E-state index contributed by atoms with van der Waals surface area (Å²) in [6.07, 6.45) is 2.71. The normalized spacial score (nSPS) is 12.6. The first kappa shape index (κ1) is 13.1. The van der Waals surface area contributed by atoms with E-state index in [9.17, 15) is 15.2 Å². The number of rotatable bonds is 4. The van der Waals surface area contributed by atoms with E-state index in [0.29, 0.717) is 14.2 Å². The van der Waals surface area contributed by atoms with E-state index in [1.165, 1.54) is 29.2 Å². The largest absolute Gasteiger partial charge is 0.388 e. The fourth-order valence-corrected chi connectivity index (χ4v) is 3.52. The van der Waals surface area contributed by atoms with Gasteiger partial charge in [-0.05, 0) is 18.7 Å². The Hall–Kier alpha value is -1.38. The molecule has 2 rings (SSSR count). The van der Waals surface area contributed by atoms with Crippen LogP contribution in [0.4, 0.5) is 5.69 Å². The van der Waals surface area contributed by atoms with Crippen LogP contribution in [0.25, 0.3) is 0 Å². The van der Waals surface area contributed by atoms with Crippen LogP contribution in [0.3, 0.4) is 0 Å². The van der Waals surface area contributed by atoms with Crippen molar-refractivity contribution in [2.45, 2.75) is 22.4 Å². The first-order valence-electron chi connectivity index (χ1n) is 5.10. The SMILES string of the molecule is CC(O)c1cc([N+](=O)[O-])c(Sc2nccn2C)s1. The molecule has 96 valence electrons. The number of hydrogen-bond donors (Lipinski definition) is 1. The summed E-state index contributed by atoms with van der Waals surface area (Å²) in [6, 6.07) is 1.42. The molecule has 8 heteroatoms. The second kappa shape index (κ2) is 5.09. The molecule has 0 radical (unpaired) electrons. The van der Waals surface area contributed by atoms with Crippen LogP contribution in [0, 0.1) is 10.1 Å². The van der Waals surface area contributed by atoms with E-state index >= 15 is 0 Å². The Morgan fingerprint density at radius 1 is 1.67 bits per heavy atom. The van der Waals surface area contributed by atoms with Crippen LogP contribution >= 0.6 is 23.1 Å². The number of aromatic nitrogens is 2. The summed E-state index contributed by atoms with van der Waals surface area (Å²) in [5.74, 6) is 0. The highest BCUT2D eigenvalue weighted by Gasteiger charge is 2.22. The molecule has 2 aromatic heterocycles. The van der Waals surface area contributed by atoms with Crippen LogP contribution in [-0.4, -0.2) is 19.6 Å². The molecule has 2 aromatic rings. The molecular weight excluding hydrogens is 274 g/mol. The summed E-state index contributed by atoms with van der Waals surface area (Å²) in [5, 5.41) is 21.1. The van der Waals surface area contributed by atoms with Gasteiger partial charge in [0.1, 0.15) is 4.21 Å². The number of nitro groups is 1. The Morgan fingerprint density at radius 3 is 2.89 bits per heavy atom. The van der Waals surface area contributed by atoms with Gasteiger partial charge in [-0.25, -0.2) is 4.98 Å². The third kappa shape index (κ3) is 2.55. The lowest BCUT2D eigenvalue weighted by atomic mass is 10.3. The van der Waals surface area contributed by atoms with E-state index in [-0.39, 0.29) is 5.69 Å². The van der Waals surface area contributed by atoms with Crippen molar-refractivity contribution < 1.29 is 10.0 Å². The summed E-state index contributed by atoms with van der Waals surface area (Å²) in [7, 11) is 1.82. The van der Waals surface area contributed by atoms with Crippen molar-refractivity contribution in [3.63, 3.8) is 0 Å². The number of aliphatic hydroxyl groups is 1. The minimum Gasteiger partial charge on any atom is -0.388 e. The number of aryl methyl sites for hydroxylation is 1. The van der Waals surface area contributed by atoms with Crippen LogP contribution in [0.15, 0.2) is 27.8 Å². The quantitative estimate of drug-likeness (QED) is 0.689. The Kier molecular flexibility index (Phi) is 3.69. The number of hydrogen-bond acceptors (Lipinski definition) is 6. The van der Waals surface area contributed by atoms with Gasteiger partial charge in [0, 0.05) is 30.4 Å². The van der Waals surface area contributed by atoms with Crippen molar-refractivity contribution in [2.75, 3.05) is 0 Å². The maximum Gasteiger partial charge on any atom is 0.294 e. The average Bonchev–Trinajstić information content (AvgIpc) is 2.87. The Labute approximate surface area is 111 Å². The summed E-state index contributed by atoms with van der Waals surface area (Å²) in [6.45, 7) is 1.59. The zero-order valence-corrected chi connectivity index (χ0v) is 11.4. The van der Waals surface area contributed by atoms with Gasteiger partial charge < -0.3 is 9.67 Å². The van der Waals surface area contributed by atoms with Crippen molar-refractivity contribution in [3.05, 3.63) is 33.5 Å². The van der Waals surface area contributed by atoms with E-state index in [1.54, 1.807) is 23.9 Å². The van der Waals surface area contributed by atoms with Crippen LogP contribution in [0.1, 0.15) is 17.9 Å². The van der Waals surface area contributed by atoms with Crippen molar-refractivity contribution in [1.82, 2.24) is 9.55 Å². The van der Waals surface area contributed by atoms with Gasteiger partial charge in [0.25, 0.3) is 5.69 Å². The third-order valence-corrected chi connectivity index (χ3v) is 4.83. The highest BCUT2D eigenvalue weighted by molar-refractivity contribution is 8.01. The first-order valence-corrected chi connectivity index (χ1v) is 6.73. The number of aliphatic hydroxyl groups excluding tert-OH is 1. The molecule has 0 saturated carbocycles. The molecule has 0 aromatic carbocycles. The molecule has 18 heavy (non-hydrogen) atoms. The van der Waals surface area contributed by atoms with Gasteiger partial charge >= 0.3 is 0 Å². The predicted octanol–water partition coefficient (Wildman–Crippen LogP) is 2.59. The van der Waals surface area contributed by atoms with E-state index in [4.69, 9.17) is 0 Å². The molecule has 2 heterocycles. The zero-order chi connectivity index (χ0) is 13.3. The molecule has 0 amide bonds. The molecule has 0 aliphatic rings. The van der Waals surface area contributed by atoms with Crippen molar-refractivity contribution in [2.24, 2.45) is 7.05 Å². The Balaban J connectivity index is 2.37. The van der Waals surface area contributed by atoms with Crippen LogP contribution < -0.4 is 0 Å². The number of imidazole rings is 1. The van der Waals surface area contributed by atoms with Gasteiger partial charge in [-0.1, -0.05) is 0 Å².